The Morgan fingerprint density at radius 1 is 1.08 bits per heavy atom. The number of nitriles is 1. The highest BCUT2D eigenvalue weighted by molar-refractivity contribution is 5.80. The quantitative estimate of drug-likeness (QED) is 0.398. The van der Waals surface area contributed by atoms with E-state index in [2.05, 4.69) is 25.1 Å². The fourth-order valence-corrected chi connectivity index (χ4v) is 4.34. The molecule has 1 saturated carbocycles. The first-order valence-corrected chi connectivity index (χ1v) is 11.0. The minimum atomic E-state index is -4.62. The summed E-state index contributed by atoms with van der Waals surface area (Å²) in [6.45, 7) is 1.59. The Bertz CT molecular complexity index is 1570. The van der Waals surface area contributed by atoms with Crippen LogP contribution in [0.1, 0.15) is 66.2 Å². The lowest BCUT2D eigenvalue weighted by molar-refractivity contribution is -0.142. The van der Waals surface area contributed by atoms with Gasteiger partial charge in [0.2, 0.25) is 0 Å². The third kappa shape index (κ3) is 4.21. The highest BCUT2D eigenvalue weighted by Crippen LogP contribution is 2.45. The second kappa shape index (κ2) is 8.43. The fraction of sp³-hybridized carbons (Fsp3) is 0.364. The standard InChI is InChI=1S/C22H16F6N8O/c1-10(11-2-5-15(30-9-11)21(23,24)25)36-19-17(13(8-29)33-36)20(37)32-18(31-19)12-3-4-14(12)35-7-6-16(34-35)22(26,27)28/h2,5-7,9-10,12,14H,3-4H2,1H3,(H,31,32,37)/t10-,12-,14-/m1/s1. The maximum atomic E-state index is 13.0. The van der Waals surface area contributed by atoms with Crippen molar-refractivity contribution < 1.29 is 26.3 Å². The zero-order valence-electron chi connectivity index (χ0n) is 18.8. The minimum Gasteiger partial charge on any atom is -0.309 e. The van der Waals surface area contributed by atoms with Crippen LogP contribution in [-0.4, -0.2) is 34.5 Å². The van der Waals surface area contributed by atoms with Crippen molar-refractivity contribution in [1.29, 1.82) is 5.26 Å². The van der Waals surface area contributed by atoms with E-state index in [1.165, 1.54) is 21.6 Å². The van der Waals surface area contributed by atoms with Crippen LogP contribution in [0.5, 0.6) is 0 Å². The molecule has 0 spiro atoms. The highest BCUT2D eigenvalue weighted by Gasteiger charge is 2.40. The molecule has 1 aliphatic carbocycles. The van der Waals surface area contributed by atoms with Gasteiger partial charge in [-0.15, -0.1) is 0 Å². The lowest BCUT2D eigenvalue weighted by atomic mass is 9.79. The minimum absolute atomic E-state index is 0.0183. The van der Waals surface area contributed by atoms with Gasteiger partial charge in [-0.25, -0.2) is 9.67 Å². The number of alkyl halides is 6. The first-order valence-electron chi connectivity index (χ1n) is 11.0. The molecule has 15 heteroatoms. The summed E-state index contributed by atoms with van der Waals surface area (Å²) < 4.78 is 80.1. The molecule has 1 fully saturated rings. The number of nitrogens with zero attached hydrogens (tertiary/aromatic N) is 7. The van der Waals surface area contributed by atoms with E-state index in [4.69, 9.17) is 0 Å². The van der Waals surface area contributed by atoms with Crippen molar-refractivity contribution in [3.63, 3.8) is 0 Å². The van der Waals surface area contributed by atoms with Crippen LogP contribution in [0.2, 0.25) is 0 Å². The van der Waals surface area contributed by atoms with Crippen LogP contribution in [0.25, 0.3) is 11.0 Å². The predicted molar refractivity (Wildman–Crippen MR) is 114 cm³/mol. The van der Waals surface area contributed by atoms with Crippen LogP contribution < -0.4 is 5.56 Å². The van der Waals surface area contributed by atoms with Crippen molar-refractivity contribution in [2.24, 2.45) is 0 Å². The molecule has 1 N–H and O–H groups in total. The number of nitrogens with one attached hydrogen (secondary N) is 1. The second-order valence-corrected chi connectivity index (χ2v) is 8.64. The Balaban J connectivity index is 1.54. The number of rotatable bonds is 4. The molecular formula is C22H16F6N8O. The molecule has 1 aliphatic rings. The smallest absolute Gasteiger partial charge is 0.309 e. The Labute approximate surface area is 203 Å². The topological polar surface area (TPSA) is 118 Å². The van der Waals surface area contributed by atoms with Gasteiger partial charge >= 0.3 is 12.4 Å². The zero-order chi connectivity index (χ0) is 26.7. The van der Waals surface area contributed by atoms with E-state index in [0.717, 1.165) is 18.3 Å². The summed E-state index contributed by atoms with van der Waals surface area (Å²) in [5.41, 5.74) is -2.66. The summed E-state index contributed by atoms with van der Waals surface area (Å²) in [4.78, 5) is 23.5. The van der Waals surface area contributed by atoms with Crippen molar-refractivity contribution >= 4 is 11.0 Å². The molecule has 0 amide bonds. The summed E-state index contributed by atoms with van der Waals surface area (Å²) in [5, 5.41) is 17.2. The summed E-state index contributed by atoms with van der Waals surface area (Å²) in [6, 6.07) is 3.47. The Morgan fingerprint density at radius 3 is 2.35 bits per heavy atom. The monoisotopic (exact) mass is 522 g/mol. The molecule has 4 aromatic heterocycles. The van der Waals surface area contributed by atoms with Crippen molar-refractivity contribution in [3.05, 3.63) is 69.4 Å². The predicted octanol–water partition coefficient (Wildman–Crippen LogP) is 4.35. The van der Waals surface area contributed by atoms with Gasteiger partial charge < -0.3 is 4.98 Å². The van der Waals surface area contributed by atoms with Crippen molar-refractivity contribution in [3.8, 4) is 6.07 Å². The number of pyridine rings is 1. The number of hydrogen-bond acceptors (Lipinski definition) is 6. The molecule has 0 aliphatic heterocycles. The number of aromatic nitrogens is 7. The van der Waals surface area contributed by atoms with Gasteiger partial charge in [0, 0.05) is 18.3 Å². The Morgan fingerprint density at radius 2 is 1.81 bits per heavy atom. The van der Waals surface area contributed by atoms with E-state index in [1.54, 1.807) is 6.92 Å². The molecule has 4 heterocycles. The van der Waals surface area contributed by atoms with Gasteiger partial charge in [0.1, 0.15) is 23.0 Å². The molecule has 0 bridgehead atoms. The van der Waals surface area contributed by atoms with Gasteiger partial charge in [0.05, 0.1) is 12.1 Å². The third-order valence-electron chi connectivity index (χ3n) is 6.44. The van der Waals surface area contributed by atoms with E-state index in [-0.39, 0.29) is 22.6 Å². The van der Waals surface area contributed by atoms with Crippen LogP contribution in [0, 0.1) is 11.3 Å². The van der Waals surface area contributed by atoms with Gasteiger partial charge in [0.15, 0.2) is 17.0 Å². The van der Waals surface area contributed by atoms with E-state index >= 15 is 0 Å². The van der Waals surface area contributed by atoms with Crippen LogP contribution in [0.4, 0.5) is 26.3 Å². The third-order valence-corrected chi connectivity index (χ3v) is 6.44. The molecule has 37 heavy (non-hydrogen) atoms. The van der Waals surface area contributed by atoms with E-state index in [1.807, 2.05) is 6.07 Å². The summed E-state index contributed by atoms with van der Waals surface area (Å²) in [7, 11) is 0. The van der Waals surface area contributed by atoms with Gasteiger partial charge in [0.25, 0.3) is 5.56 Å². The average molecular weight is 522 g/mol. The van der Waals surface area contributed by atoms with Crippen LogP contribution in [0.15, 0.2) is 35.4 Å². The number of hydrogen-bond donors (Lipinski definition) is 1. The Hall–Kier alpha value is -4.22. The molecule has 4 aromatic rings. The van der Waals surface area contributed by atoms with Crippen LogP contribution in [0.3, 0.4) is 0 Å². The molecule has 0 radical (unpaired) electrons. The van der Waals surface area contributed by atoms with Crippen LogP contribution >= 0.6 is 0 Å². The fourth-order valence-electron chi connectivity index (χ4n) is 4.34. The first kappa shape index (κ1) is 24.5. The summed E-state index contributed by atoms with van der Waals surface area (Å²) >= 11 is 0. The zero-order valence-corrected chi connectivity index (χ0v) is 18.8. The SMILES string of the molecule is C[C@H](c1ccc(C(F)(F)F)nc1)n1nc(C#N)c2c(=O)[nH]c([C@@H]3CC[C@H]3n3ccc(C(F)(F)F)n3)nc21. The molecular weight excluding hydrogens is 506 g/mol. The lowest BCUT2D eigenvalue weighted by Crippen LogP contribution is -2.31. The largest absolute Gasteiger partial charge is 0.435 e. The lowest BCUT2D eigenvalue weighted by Gasteiger charge is -2.35. The van der Waals surface area contributed by atoms with Gasteiger partial charge in [-0.2, -0.15) is 41.8 Å². The second-order valence-electron chi connectivity index (χ2n) is 8.64. The first-order chi connectivity index (χ1) is 17.4. The number of fused-ring (bicyclic) bond motifs is 1. The van der Waals surface area contributed by atoms with Crippen molar-refractivity contribution in [1.82, 2.24) is 34.5 Å². The summed E-state index contributed by atoms with van der Waals surface area (Å²) in [6.07, 6.45) is -5.96. The number of H-pyrrole nitrogens is 1. The van der Waals surface area contributed by atoms with E-state index in [0.29, 0.717) is 18.4 Å². The van der Waals surface area contributed by atoms with Gasteiger partial charge in [-0.3, -0.25) is 14.5 Å². The van der Waals surface area contributed by atoms with Gasteiger partial charge in [-0.05, 0) is 37.5 Å². The molecule has 0 aromatic carbocycles. The average Bonchev–Trinajstić information content (AvgIpc) is 3.43. The summed E-state index contributed by atoms with van der Waals surface area (Å²) in [5.74, 6) is -0.281. The van der Waals surface area contributed by atoms with Crippen molar-refractivity contribution in [2.75, 3.05) is 0 Å². The molecule has 5 rings (SSSR count). The van der Waals surface area contributed by atoms with E-state index in [9.17, 15) is 36.4 Å². The maximum Gasteiger partial charge on any atom is 0.435 e. The number of halogens is 6. The van der Waals surface area contributed by atoms with Gasteiger partial charge in [-0.1, -0.05) is 6.07 Å². The van der Waals surface area contributed by atoms with Crippen LogP contribution in [-0.2, 0) is 12.4 Å². The van der Waals surface area contributed by atoms with E-state index < -0.39 is 47.3 Å². The highest BCUT2D eigenvalue weighted by atomic mass is 19.4. The molecule has 3 atom stereocenters. The normalized spacial score (nSPS) is 19.0. The number of aromatic amines is 1. The molecule has 0 saturated heterocycles. The maximum absolute atomic E-state index is 13.0. The Kier molecular flexibility index (Phi) is 5.57. The molecule has 192 valence electrons. The molecule has 0 unspecified atom stereocenters. The van der Waals surface area contributed by atoms with Crippen molar-refractivity contribution in [2.45, 2.75) is 50.1 Å². The molecule has 9 nitrogen and oxygen atoms in total.